The fraction of sp³-hybridized carbons (Fsp3) is 0.214. The SMILES string of the molecule is O=C1CSc2ncnc(NC[C@H](O)c3ccc(F)cc3)c2N1. The van der Waals surface area contributed by atoms with Crippen LogP contribution in [0.1, 0.15) is 11.7 Å². The molecule has 2 aromatic rings. The predicted octanol–water partition coefficient (Wildman–Crippen LogP) is 1.81. The minimum absolute atomic E-state index is 0.116. The van der Waals surface area contributed by atoms with Crippen LogP contribution in [-0.4, -0.2) is 33.3 Å². The van der Waals surface area contributed by atoms with Gasteiger partial charge in [0.15, 0.2) is 5.82 Å². The van der Waals surface area contributed by atoms with Gasteiger partial charge in [0.2, 0.25) is 5.91 Å². The zero-order chi connectivity index (χ0) is 15.5. The van der Waals surface area contributed by atoms with Gasteiger partial charge < -0.3 is 15.7 Å². The second kappa shape index (κ2) is 6.29. The number of benzene rings is 1. The van der Waals surface area contributed by atoms with Crippen molar-refractivity contribution < 1.29 is 14.3 Å². The largest absolute Gasteiger partial charge is 0.387 e. The molecule has 1 amide bonds. The van der Waals surface area contributed by atoms with Gasteiger partial charge >= 0.3 is 0 Å². The van der Waals surface area contributed by atoms with Crippen molar-refractivity contribution in [3.8, 4) is 0 Å². The molecule has 0 spiro atoms. The summed E-state index contributed by atoms with van der Waals surface area (Å²) in [6, 6.07) is 5.63. The number of aliphatic hydroxyl groups excluding tert-OH is 1. The molecule has 114 valence electrons. The van der Waals surface area contributed by atoms with E-state index in [0.29, 0.717) is 27.8 Å². The van der Waals surface area contributed by atoms with E-state index in [0.717, 1.165) is 0 Å². The van der Waals surface area contributed by atoms with Gasteiger partial charge in [-0.25, -0.2) is 14.4 Å². The van der Waals surface area contributed by atoms with Crippen LogP contribution in [0.2, 0.25) is 0 Å². The van der Waals surface area contributed by atoms with Gasteiger partial charge in [-0.05, 0) is 17.7 Å². The molecule has 3 N–H and O–H groups in total. The summed E-state index contributed by atoms with van der Waals surface area (Å²) in [7, 11) is 0. The third-order valence-corrected chi connectivity index (χ3v) is 4.12. The van der Waals surface area contributed by atoms with Crippen molar-refractivity contribution in [2.24, 2.45) is 0 Å². The number of aromatic nitrogens is 2. The van der Waals surface area contributed by atoms with E-state index in [2.05, 4.69) is 20.6 Å². The average molecular weight is 320 g/mol. The molecule has 1 atom stereocenters. The Labute approximate surface area is 130 Å². The Morgan fingerprint density at radius 3 is 2.91 bits per heavy atom. The molecule has 1 aliphatic heterocycles. The molecule has 0 aliphatic carbocycles. The Morgan fingerprint density at radius 2 is 2.14 bits per heavy atom. The minimum atomic E-state index is -0.821. The highest BCUT2D eigenvalue weighted by atomic mass is 32.2. The zero-order valence-corrected chi connectivity index (χ0v) is 12.2. The maximum absolute atomic E-state index is 12.9. The predicted molar refractivity (Wildman–Crippen MR) is 81.2 cm³/mol. The highest BCUT2D eigenvalue weighted by molar-refractivity contribution is 8.00. The third-order valence-electron chi connectivity index (χ3n) is 3.13. The van der Waals surface area contributed by atoms with Gasteiger partial charge in [-0.1, -0.05) is 23.9 Å². The van der Waals surface area contributed by atoms with E-state index in [1.165, 1.54) is 42.4 Å². The second-order valence-corrected chi connectivity index (χ2v) is 5.65. The Hall–Kier alpha value is -2.19. The Bertz CT molecular complexity index is 696. The molecule has 0 saturated carbocycles. The van der Waals surface area contributed by atoms with E-state index in [1.54, 1.807) is 0 Å². The van der Waals surface area contributed by atoms with Crippen molar-refractivity contribution in [1.29, 1.82) is 0 Å². The van der Waals surface area contributed by atoms with Gasteiger partial charge in [-0.15, -0.1) is 0 Å². The van der Waals surface area contributed by atoms with Gasteiger partial charge in [0, 0.05) is 6.54 Å². The van der Waals surface area contributed by atoms with Crippen LogP contribution in [0.3, 0.4) is 0 Å². The van der Waals surface area contributed by atoms with E-state index < -0.39 is 6.10 Å². The molecule has 0 bridgehead atoms. The number of rotatable bonds is 4. The fourth-order valence-electron chi connectivity index (χ4n) is 2.03. The van der Waals surface area contributed by atoms with Gasteiger partial charge in [0.1, 0.15) is 22.9 Å². The van der Waals surface area contributed by atoms with Crippen molar-refractivity contribution in [3.63, 3.8) is 0 Å². The first-order chi connectivity index (χ1) is 10.6. The minimum Gasteiger partial charge on any atom is -0.387 e. The van der Waals surface area contributed by atoms with Gasteiger partial charge in [-0.3, -0.25) is 4.79 Å². The van der Waals surface area contributed by atoms with Gasteiger partial charge in [0.05, 0.1) is 11.9 Å². The maximum Gasteiger partial charge on any atom is 0.234 e. The number of thioether (sulfide) groups is 1. The van der Waals surface area contributed by atoms with Crippen molar-refractivity contribution in [3.05, 3.63) is 42.0 Å². The lowest BCUT2D eigenvalue weighted by molar-refractivity contribution is -0.113. The number of carbonyl (C=O) groups excluding carboxylic acids is 1. The second-order valence-electron chi connectivity index (χ2n) is 4.69. The molecule has 0 unspecified atom stereocenters. The number of amides is 1. The topological polar surface area (TPSA) is 87.1 Å². The molecule has 1 aliphatic rings. The highest BCUT2D eigenvalue weighted by Crippen LogP contribution is 2.33. The van der Waals surface area contributed by atoms with Crippen LogP contribution in [0.4, 0.5) is 15.9 Å². The average Bonchev–Trinajstić information content (AvgIpc) is 2.53. The highest BCUT2D eigenvalue weighted by Gasteiger charge is 2.21. The number of fused-ring (bicyclic) bond motifs is 1. The third kappa shape index (κ3) is 3.18. The summed E-state index contributed by atoms with van der Waals surface area (Å²) in [4.78, 5) is 19.7. The van der Waals surface area contributed by atoms with E-state index in [4.69, 9.17) is 0 Å². The van der Waals surface area contributed by atoms with E-state index in [-0.39, 0.29) is 18.3 Å². The summed E-state index contributed by atoms with van der Waals surface area (Å²) >= 11 is 1.34. The summed E-state index contributed by atoms with van der Waals surface area (Å²) in [5, 5.41) is 16.5. The van der Waals surface area contributed by atoms with Crippen molar-refractivity contribution in [2.75, 3.05) is 22.9 Å². The Balaban J connectivity index is 1.71. The monoisotopic (exact) mass is 320 g/mol. The first-order valence-corrected chi connectivity index (χ1v) is 7.57. The number of anilines is 2. The number of carbonyl (C=O) groups is 1. The summed E-state index contributed by atoms with van der Waals surface area (Å²) in [6.45, 7) is 0.176. The summed E-state index contributed by atoms with van der Waals surface area (Å²) in [6.07, 6.45) is 0.578. The lowest BCUT2D eigenvalue weighted by Gasteiger charge is -2.19. The van der Waals surface area contributed by atoms with E-state index in [1.807, 2.05) is 0 Å². The normalized spacial score (nSPS) is 14.9. The number of hydrogen-bond acceptors (Lipinski definition) is 6. The van der Waals surface area contributed by atoms with Crippen LogP contribution in [0, 0.1) is 5.82 Å². The molecule has 3 rings (SSSR count). The number of nitrogens with zero attached hydrogens (tertiary/aromatic N) is 2. The fourth-order valence-corrected chi connectivity index (χ4v) is 2.78. The maximum atomic E-state index is 12.9. The van der Waals surface area contributed by atoms with Crippen LogP contribution in [0.25, 0.3) is 0 Å². The summed E-state index contributed by atoms with van der Waals surface area (Å²) in [5.41, 5.74) is 1.12. The first kappa shape index (κ1) is 14.7. The van der Waals surface area contributed by atoms with Gasteiger partial charge in [0.25, 0.3) is 0 Å². The molecule has 1 aromatic heterocycles. The summed E-state index contributed by atoms with van der Waals surface area (Å²) in [5.74, 6) is 0.302. The lowest BCUT2D eigenvalue weighted by atomic mass is 10.1. The summed E-state index contributed by atoms with van der Waals surface area (Å²) < 4.78 is 12.9. The lowest BCUT2D eigenvalue weighted by Crippen LogP contribution is -2.22. The van der Waals surface area contributed by atoms with Crippen LogP contribution < -0.4 is 10.6 Å². The number of aliphatic hydroxyl groups is 1. The van der Waals surface area contributed by atoms with Crippen molar-refractivity contribution in [2.45, 2.75) is 11.1 Å². The smallest absolute Gasteiger partial charge is 0.234 e. The molecule has 0 fully saturated rings. The Kier molecular flexibility index (Phi) is 4.21. The first-order valence-electron chi connectivity index (χ1n) is 6.58. The number of halogens is 1. The van der Waals surface area contributed by atoms with Crippen molar-refractivity contribution >= 4 is 29.2 Å². The number of hydrogen-bond donors (Lipinski definition) is 3. The molecule has 0 saturated heterocycles. The molecule has 1 aromatic carbocycles. The van der Waals surface area contributed by atoms with Crippen molar-refractivity contribution in [1.82, 2.24) is 9.97 Å². The van der Waals surface area contributed by atoms with Crippen LogP contribution in [0.5, 0.6) is 0 Å². The molecule has 0 radical (unpaired) electrons. The van der Waals surface area contributed by atoms with Crippen LogP contribution in [-0.2, 0) is 4.79 Å². The van der Waals surface area contributed by atoms with Gasteiger partial charge in [-0.2, -0.15) is 0 Å². The molecular formula is C14H13FN4O2S. The molecular weight excluding hydrogens is 307 g/mol. The Morgan fingerprint density at radius 1 is 1.36 bits per heavy atom. The number of nitrogens with one attached hydrogen (secondary N) is 2. The quantitative estimate of drug-likeness (QED) is 0.745. The van der Waals surface area contributed by atoms with Crippen LogP contribution in [0.15, 0.2) is 35.6 Å². The molecule has 22 heavy (non-hydrogen) atoms. The molecule has 8 heteroatoms. The standard InChI is InChI=1S/C14H13FN4O2S/c15-9-3-1-8(2-4-9)10(20)5-16-13-12-14(18-7-17-13)22-6-11(21)19-12/h1-4,7,10,20H,5-6H2,(H,19,21)(H,16,17,18)/t10-/m0/s1. The van der Waals surface area contributed by atoms with E-state index >= 15 is 0 Å². The molecule has 2 heterocycles. The zero-order valence-electron chi connectivity index (χ0n) is 11.4. The van der Waals surface area contributed by atoms with Crippen LogP contribution >= 0.6 is 11.8 Å². The van der Waals surface area contributed by atoms with E-state index in [9.17, 15) is 14.3 Å². The molecule has 6 nitrogen and oxygen atoms in total.